The van der Waals surface area contributed by atoms with Gasteiger partial charge in [0.15, 0.2) is 0 Å². The Labute approximate surface area is 177 Å². The van der Waals surface area contributed by atoms with Crippen molar-refractivity contribution in [3.05, 3.63) is 36.9 Å². The molecule has 29 heavy (non-hydrogen) atoms. The number of hydrogen-bond donors (Lipinski definition) is 1. The number of nitrogens with one attached hydrogen (secondary N) is 1. The predicted molar refractivity (Wildman–Crippen MR) is 116 cm³/mol. The lowest BCUT2D eigenvalue weighted by atomic mass is 9.97. The third-order valence-electron chi connectivity index (χ3n) is 5.69. The van der Waals surface area contributed by atoms with Crippen molar-refractivity contribution in [3.63, 3.8) is 0 Å². The molecule has 2 aliphatic heterocycles. The largest absolute Gasteiger partial charge is 0.497 e. The highest BCUT2D eigenvalue weighted by molar-refractivity contribution is 7.98. The topological polar surface area (TPSA) is 79.0 Å². The van der Waals surface area contributed by atoms with Crippen molar-refractivity contribution in [2.24, 2.45) is 0 Å². The molecule has 1 aromatic rings. The highest BCUT2D eigenvalue weighted by atomic mass is 32.2. The van der Waals surface area contributed by atoms with Crippen LogP contribution >= 0.6 is 11.8 Å². The van der Waals surface area contributed by atoms with Gasteiger partial charge in [-0.1, -0.05) is 6.08 Å². The minimum absolute atomic E-state index is 0.0883. The van der Waals surface area contributed by atoms with Crippen molar-refractivity contribution in [1.29, 1.82) is 0 Å². The van der Waals surface area contributed by atoms with Crippen LogP contribution in [0.4, 0.5) is 0 Å². The first-order valence-corrected chi connectivity index (χ1v) is 12.5. The van der Waals surface area contributed by atoms with Crippen LogP contribution in [0, 0.1) is 0 Å². The highest BCUT2D eigenvalue weighted by Gasteiger charge is 2.51. The number of methoxy groups -OCH3 is 1. The summed E-state index contributed by atoms with van der Waals surface area (Å²) in [6, 6.07) is 6.22. The highest BCUT2D eigenvalue weighted by Crippen LogP contribution is 2.35. The third kappa shape index (κ3) is 4.33. The quantitative estimate of drug-likeness (QED) is 0.624. The van der Waals surface area contributed by atoms with Crippen LogP contribution in [0.5, 0.6) is 5.75 Å². The first-order valence-electron chi connectivity index (χ1n) is 9.71. The van der Waals surface area contributed by atoms with Gasteiger partial charge >= 0.3 is 0 Å². The number of thioether (sulfide) groups is 1. The number of ether oxygens (including phenoxy) is 1. The number of rotatable bonds is 8. The zero-order valence-electron chi connectivity index (χ0n) is 17.0. The van der Waals surface area contributed by atoms with Gasteiger partial charge in [0.05, 0.1) is 23.7 Å². The molecule has 2 saturated heterocycles. The van der Waals surface area contributed by atoms with Crippen molar-refractivity contribution in [1.82, 2.24) is 14.5 Å². The maximum atomic E-state index is 13.0. The molecule has 3 rings (SSSR count). The van der Waals surface area contributed by atoms with E-state index in [-0.39, 0.29) is 16.8 Å². The molecule has 1 N–H and O–H groups in total. The SMILES string of the molecule is C=CCN1C(=O)C(CCSC)NC12CCN(S(=O)(=O)c1ccc(OC)cc1)CC2. The molecule has 0 bridgehead atoms. The minimum atomic E-state index is -3.58. The first kappa shape index (κ1) is 22.1. The molecule has 2 aliphatic rings. The normalized spacial score (nSPS) is 22.2. The van der Waals surface area contributed by atoms with E-state index in [2.05, 4.69) is 11.9 Å². The minimum Gasteiger partial charge on any atom is -0.497 e. The third-order valence-corrected chi connectivity index (χ3v) is 8.25. The van der Waals surface area contributed by atoms with E-state index < -0.39 is 15.7 Å². The van der Waals surface area contributed by atoms with Gasteiger partial charge in [-0.25, -0.2) is 8.42 Å². The number of sulfonamides is 1. The molecule has 160 valence electrons. The summed E-state index contributed by atoms with van der Waals surface area (Å²) in [5, 5.41) is 3.53. The average Bonchev–Trinajstić information content (AvgIpc) is 2.98. The van der Waals surface area contributed by atoms with E-state index in [1.807, 2.05) is 11.2 Å². The summed E-state index contributed by atoms with van der Waals surface area (Å²) in [4.78, 5) is 15.0. The van der Waals surface area contributed by atoms with Gasteiger partial charge in [-0.15, -0.1) is 6.58 Å². The summed E-state index contributed by atoms with van der Waals surface area (Å²) >= 11 is 1.72. The molecule has 0 aromatic heterocycles. The summed E-state index contributed by atoms with van der Waals surface area (Å²) in [6.07, 6.45) is 5.64. The predicted octanol–water partition coefficient (Wildman–Crippen LogP) is 1.92. The molecule has 1 spiro atoms. The van der Waals surface area contributed by atoms with Crippen LogP contribution in [0.1, 0.15) is 19.3 Å². The van der Waals surface area contributed by atoms with Crippen LogP contribution in [-0.4, -0.2) is 74.0 Å². The monoisotopic (exact) mass is 439 g/mol. The van der Waals surface area contributed by atoms with Crippen LogP contribution in [0.15, 0.2) is 41.8 Å². The molecular weight excluding hydrogens is 410 g/mol. The Morgan fingerprint density at radius 2 is 1.97 bits per heavy atom. The lowest BCUT2D eigenvalue weighted by Gasteiger charge is -2.44. The number of hydrogen-bond acceptors (Lipinski definition) is 6. The Hall–Kier alpha value is -1.55. The van der Waals surface area contributed by atoms with Crippen molar-refractivity contribution >= 4 is 27.7 Å². The van der Waals surface area contributed by atoms with Crippen LogP contribution in [0.2, 0.25) is 0 Å². The zero-order valence-corrected chi connectivity index (χ0v) is 18.6. The van der Waals surface area contributed by atoms with Gasteiger partial charge in [0.25, 0.3) is 0 Å². The van der Waals surface area contributed by atoms with Crippen LogP contribution in [0.3, 0.4) is 0 Å². The smallest absolute Gasteiger partial charge is 0.243 e. The molecule has 0 saturated carbocycles. The fraction of sp³-hybridized carbons (Fsp3) is 0.550. The number of benzene rings is 1. The van der Waals surface area contributed by atoms with Gasteiger partial charge in [-0.3, -0.25) is 10.1 Å². The molecular formula is C20H29N3O4S2. The molecule has 9 heteroatoms. The van der Waals surface area contributed by atoms with Gasteiger partial charge in [-0.05, 0) is 55.5 Å². The molecule has 7 nitrogen and oxygen atoms in total. The van der Waals surface area contributed by atoms with Crippen molar-refractivity contribution < 1.29 is 17.9 Å². The maximum absolute atomic E-state index is 13.0. The molecule has 2 heterocycles. The van der Waals surface area contributed by atoms with Gasteiger partial charge < -0.3 is 9.64 Å². The molecule has 1 atom stereocenters. The summed E-state index contributed by atoms with van der Waals surface area (Å²) in [5.74, 6) is 1.61. The second kappa shape index (κ2) is 9.07. The Morgan fingerprint density at radius 1 is 1.31 bits per heavy atom. The molecule has 0 radical (unpaired) electrons. The summed E-state index contributed by atoms with van der Waals surface area (Å²) in [7, 11) is -2.03. The number of amides is 1. The van der Waals surface area contributed by atoms with E-state index in [0.717, 1.165) is 12.2 Å². The van der Waals surface area contributed by atoms with Gasteiger partial charge in [0.1, 0.15) is 5.75 Å². The lowest BCUT2D eigenvalue weighted by Crippen LogP contribution is -2.59. The number of carbonyl (C=O) groups excluding carboxylic acids is 1. The Balaban J connectivity index is 1.74. The summed E-state index contributed by atoms with van der Waals surface area (Å²) in [5.41, 5.74) is -0.500. The second-order valence-electron chi connectivity index (χ2n) is 7.33. The van der Waals surface area contributed by atoms with Gasteiger partial charge in [0, 0.05) is 19.6 Å². The van der Waals surface area contributed by atoms with E-state index >= 15 is 0 Å². The van der Waals surface area contributed by atoms with Crippen LogP contribution < -0.4 is 10.1 Å². The lowest BCUT2D eigenvalue weighted by molar-refractivity contribution is -0.132. The zero-order chi connectivity index (χ0) is 21.1. The molecule has 1 aromatic carbocycles. The molecule has 1 amide bonds. The number of nitrogens with zero attached hydrogens (tertiary/aromatic N) is 2. The summed E-state index contributed by atoms with van der Waals surface area (Å²) < 4.78 is 32.7. The second-order valence-corrected chi connectivity index (χ2v) is 10.3. The van der Waals surface area contributed by atoms with E-state index in [1.165, 1.54) is 4.31 Å². The van der Waals surface area contributed by atoms with E-state index in [1.54, 1.807) is 49.2 Å². The molecule has 1 unspecified atom stereocenters. The Kier molecular flexibility index (Phi) is 6.93. The molecule has 2 fully saturated rings. The van der Waals surface area contributed by atoms with Crippen molar-refractivity contribution in [2.75, 3.05) is 38.8 Å². The van der Waals surface area contributed by atoms with Gasteiger partial charge in [0.2, 0.25) is 15.9 Å². The Bertz CT molecular complexity index is 834. The summed E-state index contributed by atoms with van der Waals surface area (Å²) in [6.45, 7) is 4.97. The average molecular weight is 440 g/mol. The Morgan fingerprint density at radius 3 is 2.52 bits per heavy atom. The standard InChI is InChI=1S/C20H29N3O4S2/c1-4-12-23-19(24)18(9-15-28-3)21-20(23)10-13-22(14-11-20)29(25,26)17-7-5-16(27-2)6-8-17/h4-8,18,21H,1,9-15H2,2-3H3. The van der Waals surface area contributed by atoms with E-state index in [4.69, 9.17) is 4.74 Å². The van der Waals surface area contributed by atoms with E-state index in [9.17, 15) is 13.2 Å². The van der Waals surface area contributed by atoms with Crippen molar-refractivity contribution in [2.45, 2.75) is 35.9 Å². The fourth-order valence-corrected chi connectivity index (χ4v) is 6.01. The van der Waals surface area contributed by atoms with Crippen LogP contribution in [-0.2, 0) is 14.8 Å². The van der Waals surface area contributed by atoms with Crippen molar-refractivity contribution in [3.8, 4) is 5.75 Å². The van der Waals surface area contributed by atoms with Gasteiger partial charge in [-0.2, -0.15) is 16.1 Å². The number of carbonyl (C=O) groups is 1. The fourth-order valence-electron chi connectivity index (χ4n) is 4.10. The van der Waals surface area contributed by atoms with Crippen LogP contribution in [0.25, 0.3) is 0 Å². The number of piperidine rings is 1. The molecule has 0 aliphatic carbocycles. The maximum Gasteiger partial charge on any atom is 0.243 e. The first-order chi connectivity index (χ1) is 13.9. The van der Waals surface area contributed by atoms with E-state index in [0.29, 0.717) is 38.2 Å².